The van der Waals surface area contributed by atoms with Crippen LogP contribution in [0.5, 0.6) is 0 Å². The van der Waals surface area contributed by atoms with Crippen molar-refractivity contribution in [2.45, 2.75) is 18.4 Å². The fourth-order valence-electron chi connectivity index (χ4n) is 2.26. The number of tetrazole rings is 1. The van der Waals surface area contributed by atoms with Crippen molar-refractivity contribution in [3.8, 4) is 11.4 Å². The molecule has 0 unspecified atom stereocenters. The van der Waals surface area contributed by atoms with Crippen LogP contribution in [-0.4, -0.2) is 40.8 Å². The van der Waals surface area contributed by atoms with Gasteiger partial charge in [0.25, 0.3) is 0 Å². The molecule has 0 bridgehead atoms. The molecule has 1 N–H and O–H groups in total. The van der Waals surface area contributed by atoms with Crippen molar-refractivity contribution in [1.29, 1.82) is 0 Å². The van der Waals surface area contributed by atoms with Crippen molar-refractivity contribution in [2.75, 3.05) is 11.6 Å². The summed E-state index contributed by atoms with van der Waals surface area (Å²) >= 11 is 0. The van der Waals surface area contributed by atoms with Crippen molar-refractivity contribution in [3.63, 3.8) is 0 Å². The first-order valence-corrected chi connectivity index (χ1v) is 9.65. The molecule has 0 spiro atoms. The van der Waals surface area contributed by atoms with E-state index >= 15 is 0 Å². The molecule has 3 aromatic rings. The molecule has 0 aliphatic heterocycles. The highest BCUT2D eigenvalue weighted by molar-refractivity contribution is 7.90. The Kier molecular flexibility index (Phi) is 4.81. The van der Waals surface area contributed by atoms with Crippen LogP contribution in [0.1, 0.15) is 5.56 Å². The summed E-state index contributed by atoms with van der Waals surface area (Å²) in [5, 5.41) is 14.6. The molecule has 26 heavy (non-hydrogen) atoms. The standard InChI is InChI=1S/C17H17N5O3S/c1-12-6-8-13(9-7-12)17-19-21-22(20-17)11-16(23)18-14-4-3-5-15(10-14)26(2,24)25/h3-10H,11H2,1-2H3,(H,18,23). The molecule has 0 saturated carbocycles. The fraction of sp³-hybridized carbons (Fsp3) is 0.176. The lowest BCUT2D eigenvalue weighted by Gasteiger charge is -2.06. The van der Waals surface area contributed by atoms with E-state index in [1.165, 1.54) is 16.9 Å². The van der Waals surface area contributed by atoms with Gasteiger partial charge in [-0.05, 0) is 30.3 Å². The van der Waals surface area contributed by atoms with E-state index in [1.54, 1.807) is 12.1 Å². The Bertz CT molecular complexity index is 1040. The lowest BCUT2D eigenvalue weighted by molar-refractivity contribution is -0.117. The Morgan fingerprint density at radius 2 is 1.88 bits per heavy atom. The SMILES string of the molecule is Cc1ccc(-c2nnn(CC(=O)Nc3cccc(S(C)(=O)=O)c3)n2)cc1. The van der Waals surface area contributed by atoms with Crippen molar-refractivity contribution in [1.82, 2.24) is 20.2 Å². The van der Waals surface area contributed by atoms with E-state index in [-0.39, 0.29) is 17.3 Å². The van der Waals surface area contributed by atoms with E-state index in [0.29, 0.717) is 11.5 Å². The summed E-state index contributed by atoms with van der Waals surface area (Å²) in [6.45, 7) is 1.85. The average Bonchev–Trinajstić information content (AvgIpc) is 3.03. The number of sulfone groups is 1. The molecule has 0 aliphatic rings. The van der Waals surface area contributed by atoms with Gasteiger partial charge in [-0.1, -0.05) is 35.9 Å². The first-order valence-electron chi connectivity index (χ1n) is 7.76. The smallest absolute Gasteiger partial charge is 0.248 e. The second kappa shape index (κ2) is 7.04. The Morgan fingerprint density at radius 3 is 2.58 bits per heavy atom. The van der Waals surface area contributed by atoms with E-state index in [2.05, 4.69) is 20.7 Å². The molecule has 0 aliphatic carbocycles. The minimum absolute atomic E-state index is 0.135. The minimum Gasteiger partial charge on any atom is -0.324 e. The lowest BCUT2D eigenvalue weighted by atomic mass is 10.1. The molecular weight excluding hydrogens is 354 g/mol. The van der Waals surface area contributed by atoms with E-state index in [9.17, 15) is 13.2 Å². The summed E-state index contributed by atoms with van der Waals surface area (Å²) < 4.78 is 23.2. The van der Waals surface area contributed by atoms with E-state index < -0.39 is 9.84 Å². The number of benzene rings is 2. The number of anilines is 1. The largest absolute Gasteiger partial charge is 0.324 e. The normalized spacial score (nSPS) is 11.3. The van der Waals surface area contributed by atoms with E-state index in [1.807, 2.05) is 31.2 Å². The third-order valence-corrected chi connectivity index (χ3v) is 4.70. The lowest BCUT2D eigenvalue weighted by Crippen LogP contribution is -2.20. The number of aryl methyl sites for hydroxylation is 1. The topological polar surface area (TPSA) is 107 Å². The highest BCUT2D eigenvalue weighted by atomic mass is 32.2. The average molecular weight is 371 g/mol. The van der Waals surface area contributed by atoms with E-state index in [4.69, 9.17) is 0 Å². The van der Waals surface area contributed by atoms with Crippen molar-refractivity contribution >= 4 is 21.4 Å². The van der Waals surface area contributed by atoms with Crippen molar-refractivity contribution < 1.29 is 13.2 Å². The number of aromatic nitrogens is 4. The number of hydrogen-bond donors (Lipinski definition) is 1. The summed E-state index contributed by atoms with van der Waals surface area (Å²) in [5.74, 6) is 0.0420. The zero-order chi connectivity index (χ0) is 18.7. The number of nitrogens with one attached hydrogen (secondary N) is 1. The van der Waals surface area contributed by atoms with Gasteiger partial charge in [0.2, 0.25) is 11.7 Å². The number of hydrogen-bond acceptors (Lipinski definition) is 6. The second-order valence-corrected chi connectivity index (χ2v) is 7.87. The van der Waals surface area contributed by atoms with Crippen LogP contribution in [0, 0.1) is 6.92 Å². The quantitative estimate of drug-likeness (QED) is 0.731. The van der Waals surface area contributed by atoms with Gasteiger partial charge >= 0.3 is 0 Å². The molecule has 0 radical (unpaired) electrons. The summed E-state index contributed by atoms with van der Waals surface area (Å²) in [6, 6.07) is 13.7. The molecule has 3 rings (SSSR count). The maximum Gasteiger partial charge on any atom is 0.248 e. The van der Waals surface area contributed by atoms with Gasteiger partial charge in [0.05, 0.1) is 4.90 Å². The molecule has 9 heteroatoms. The highest BCUT2D eigenvalue weighted by Gasteiger charge is 2.11. The van der Waals surface area contributed by atoms with Crippen LogP contribution < -0.4 is 5.32 Å². The third-order valence-electron chi connectivity index (χ3n) is 3.59. The number of carbonyl (C=O) groups excluding carboxylic acids is 1. The van der Waals surface area contributed by atoms with Gasteiger partial charge in [-0.3, -0.25) is 4.79 Å². The summed E-state index contributed by atoms with van der Waals surface area (Å²) in [4.78, 5) is 13.5. The van der Waals surface area contributed by atoms with Gasteiger partial charge in [0.15, 0.2) is 9.84 Å². The van der Waals surface area contributed by atoms with Crippen LogP contribution in [0.4, 0.5) is 5.69 Å². The van der Waals surface area contributed by atoms with Crippen LogP contribution in [0.2, 0.25) is 0 Å². The zero-order valence-corrected chi connectivity index (χ0v) is 15.1. The third kappa shape index (κ3) is 4.31. The molecule has 0 atom stereocenters. The van der Waals surface area contributed by atoms with Gasteiger partial charge in [-0.2, -0.15) is 4.80 Å². The Hall–Kier alpha value is -3.07. The van der Waals surface area contributed by atoms with Crippen LogP contribution in [0.3, 0.4) is 0 Å². The van der Waals surface area contributed by atoms with Crippen molar-refractivity contribution in [3.05, 3.63) is 54.1 Å². The Balaban J connectivity index is 1.68. The van der Waals surface area contributed by atoms with Gasteiger partial charge in [0, 0.05) is 17.5 Å². The summed E-state index contributed by atoms with van der Waals surface area (Å²) in [5.41, 5.74) is 2.32. The van der Waals surface area contributed by atoms with Crippen molar-refractivity contribution in [2.24, 2.45) is 0 Å². The Labute approximate surface area is 150 Å². The maximum atomic E-state index is 12.1. The number of rotatable bonds is 5. The maximum absolute atomic E-state index is 12.1. The van der Waals surface area contributed by atoms with Gasteiger partial charge in [-0.15, -0.1) is 10.2 Å². The van der Waals surface area contributed by atoms with E-state index in [0.717, 1.165) is 17.4 Å². The zero-order valence-electron chi connectivity index (χ0n) is 14.2. The predicted octanol–water partition coefficient (Wildman–Crippen LogP) is 1.69. The molecule has 134 valence electrons. The second-order valence-electron chi connectivity index (χ2n) is 5.86. The molecule has 0 saturated heterocycles. The van der Waals surface area contributed by atoms with Gasteiger partial charge in [0.1, 0.15) is 6.54 Å². The molecule has 8 nitrogen and oxygen atoms in total. The molecular formula is C17H17N5O3S. The highest BCUT2D eigenvalue weighted by Crippen LogP contribution is 2.16. The van der Waals surface area contributed by atoms with Crippen LogP contribution in [0.25, 0.3) is 11.4 Å². The molecule has 0 fully saturated rings. The number of nitrogens with zero attached hydrogens (tertiary/aromatic N) is 4. The molecule has 2 aromatic carbocycles. The Morgan fingerprint density at radius 1 is 1.15 bits per heavy atom. The first kappa shape index (κ1) is 17.7. The van der Waals surface area contributed by atoms with Gasteiger partial charge in [-0.25, -0.2) is 8.42 Å². The fourth-order valence-corrected chi connectivity index (χ4v) is 2.93. The minimum atomic E-state index is -3.34. The predicted molar refractivity (Wildman–Crippen MR) is 96.2 cm³/mol. The summed E-state index contributed by atoms with van der Waals surface area (Å²) in [7, 11) is -3.34. The molecule has 1 heterocycles. The van der Waals surface area contributed by atoms with Crippen LogP contribution in [0.15, 0.2) is 53.4 Å². The molecule has 1 amide bonds. The van der Waals surface area contributed by atoms with Crippen LogP contribution >= 0.6 is 0 Å². The summed E-state index contributed by atoms with van der Waals surface area (Å²) in [6.07, 6.45) is 1.11. The molecule has 1 aromatic heterocycles. The first-order chi connectivity index (χ1) is 12.3. The van der Waals surface area contributed by atoms with Crippen LogP contribution in [-0.2, 0) is 21.2 Å². The number of carbonyl (C=O) groups is 1. The monoisotopic (exact) mass is 371 g/mol. The number of amides is 1. The van der Waals surface area contributed by atoms with Gasteiger partial charge < -0.3 is 5.32 Å².